The Kier molecular flexibility index (Phi) is 4.22. The van der Waals surface area contributed by atoms with Crippen molar-refractivity contribution in [3.8, 4) is 0 Å². The van der Waals surface area contributed by atoms with Crippen LogP contribution in [0.3, 0.4) is 0 Å². The van der Waals surface area contributed by atoms with Crippen molar-refractivity contribution in [1.82, 2.24) is 0 Å². The first-order chi connectivity index (χ1) is 8.61. The third kappa shape index (κ3) is 2.83. The minimum Gasteiger partial charge on any atom is -0.394 e. The number of anilines is 1. The lowest BCUT2D eigenvalue weighted by molar-refractivity contribution is -0.0103. The van der Waals surface area contributed by atoms with Gasteiger partial charge in [-0.3, -0.25) is 0 Å². The van der Waals surface area contributed by atoms with Gasteiger partial charge in [0, 0.05) is 18.3 Å². The predicted octanol–water partition coefficient (Wildman–Crippen LogP) is 1.33. The summed E-state index contributed by atoms with van der Waals surface area (Å²) in [5.74, 6) is 0. The molecule has 1 aliphatic rings. The van der Waals surface area contributed by atoms with Crippen LogP contribution in [0.5, 0.6) is 0 Å². The lowest BCUT2D eigenvalue weighted by Gasteiger charge is -2.39. The predicted molar refractivity (Wildman–Crippen MR) is 70.7 cm³/mol. The number of ether oxygens (including phenoxy) is 1. The van der Waals surface area contributed by atoms with Gasteiger partial charge < -0.3 is 19.8 Å². The van der Waals surface area contributed by atoms with Gasteiger partial charge in [0.15, 0.2) is 0 Å². The summed E-state index contributed by atoms with van der Waals surface area (Å²) in [5, 5.41) is 18.7. The molecule has 4 nitrogen and oxygen atoms in total. The number of benzene rings is 1. The van der Waals surface area contributed by atoms with Crippen molar-refractivity contribution in [3.63, 3.8) is 0 Å². The maximum absolute atomic E-state index is 9.49. The van der Waals surface area contributed by atoms with Crippen LogP contribution in [0.2, 0.25) is 0 Å². The van der Waals surface area contributed by atoms with Crippen molar-refractivity contribution in [3.05, 3.63) is 29.8 Å². The van der Waals surface area contributed by atoms with E-state index in [4.69, 9.17) is 4.74 Å². The average Bonchev–Trinajstić information content (AvgIpc) is 2.39. The van der Waals surface area contributed by atoms with E-state index in [0.717, 1.165) is 11.3 Å². The van der Waals surface area contributed by atoms with Crippen molar-refractivity contribution >= 4 is 5.69 Å². The lowest BCUT2D eigenvalue weighted by atomic mass is 10.1. The fourth-order valence-corrected chi connectivity index (χ4v) is 2.23. The second-order valence-corrected chi connectivity index (χ2v) is 4.91. The Balaban J connectivity index is 2.13. The molecule has 4 heteroatoms. The maximum Gasteiger partial charge on any atom is 0.0981 e. The average molecular weight is 251 g/mol. The highest BCUT2D eigenvalue weighted by Gasteiger charge is 2.25. The van der Waals surface area contributed by atoms with Crippen LogP contribution in [0.25, 0.3) is 0 Å². The fraction of sp³-hybridized carbons (Fsp3) is 0.571. The highest BCUT2D eigenvalue weighted by molar-refractivity contribution is 5.49. The van der Waals surface area contributed by atoms with Crippen molar-refractivity contribution < 1.29 is 14.9 Å². The summed E-state index contributed by atoms with van der Waals surface area (Å²) in [6, 6.07) is 8.20. The van der Waals surface area contributed by atoms with Crippen LogP contribution >= 0.6 is 0 Å². The summed E-state index contributed by atoms with van der Waals surface area (Å²) in [6.45, 7) is 5.24. The van der Waals surface area contributed by atoms with Crippen molar-refractivity contribution in [2.24, 2.45) is 0 Å². The maximum atomic E-state index is 9.49. The number of rotatable bonds is 3. The number of hydrogen-bond donors (Lipinski definition) is 2. The Bertz CT molecular complexity index is 377. The lowest BCUT2D eigenvalue weighted by Crippen LogP contribution is -2.49. The summed E-state index contributed by atoms with van der Waals surface area (Å²) < 4.78 is 5.52. The largest absolute Gasteiger partial charge is 0.394 e. The number of hydrogen-bond acceptors (Lipinski definition) is 4. The zero-order chi connectivity index (χ0) is 13.1. The molecule has 18 heavy (non-hydrogen) atoms. The Morgan fingerprint density at radius 3 is 2.61 bits per heavy atom. The molecular formula is C14H21NO3. The first-order valence-electron chi connectivity index (χ1n) is 6.39. The van der Waals surface area contributed by atoms with Gasteiger partial charge in [0.05, 0.1) is 25.4 Å². The Labute approximate surface area is 108 Å². The fourth-order valence-electron chi connectivity index (χ4n) is 2.23. The van der Waals surface area contributed by atoms with Crippen LogP contribution in [0.15, 0.2) is 24.3 Å². The molecule has 3 atom stereocenters. The van der Waals surface area contributed by atoms with E-state index in [9.17, 15) is 10.2 Å². The van der Waals surface area contributed by atoms with Crippen LogP contribution in [0, 0.1) is 0 Å². The molecule has 1 saturated heterocycles. The molecule has 100 valence electrons. The zero-order valence-corrected chi connectivity index (χ0v) is 10.9. The Hall–Kier alpha value is -1.10. The molecule has 0 aromatic heterocycles. The SMILES string of the molecule is CC(O)c1ccc(N2CC(CO)OCC2C)cc1. The molecule has 0 amide bonds. The van der Waals surface area contributed by atoms with E-state index in [1.807, 2.05) is 24.3 Å². The number of aliphatic hydroxyl groups is 2. The molecule has 0 bridgehead atoms. The standard InChI is InChI=1S/C14H21NO3/c1-10-9-18-14(8-16)7-15(10)13-5-3-12(4-6-13)11(2)17/h3-6,10-11,14,16-17H,7-9H2,1-2H3. The number of nitrogens with zero attached hydrogens (tertiary/aromatic N) is 1. The minimum atomic E-state index is -0.439. The van der Waals surface area contributed by atoms with Gasteiger partial charge in [0.1, 0.15) is 0 Å². The van der Waals surface area contributed by atoms with Crippen LogP contribution < -0.4 is 4.90 Å². The molecule has 1 heterocycles. The third-order valence-electron chi connectivity index (χ3n) is 3.42. The molecule has 0 saturated carbocycles. The zero-order valence-electron chi connectivity index (χ0n) is 10.9. The normalized spacial score (nSPS) is 26.1. The van der Waals surface area contributed by atoms with Gasteiger partial charge in [-0.25, -0.2) is 0 Å². The van der Waals surface area contributed by atoms with Crippen LogP contribution in [-0.2, 0) is 4.74 Å². The van der Waals surface area contributed by atoms with E-state index in [2.05, 4.69) is 11.8 Å². The van der Waals surface area contributed by atoms with E-state index in [-0.39, 0.29) is 12.7 Å². The molecule has 0 spiro atoms. The van der Waals surface area contributed by atoms with Crippen LogP contribution in [-0.4, -0.2) is 42.1 Å². The summed E-state index contributed by atoms with van der Waals surface area (Å²) >= 11 is 0. The van der Waals surface area contributed by atoms with Gasteiger partial charge in [0.25, 0.3) is 0 Å². The molecule has 1 aromatic carbocycles. The van der Waals surface area contributed by atoms with Crippen LogP contribution in [0.1, 0.15) is 25.5 Å². The van der Waals surface area contributed by atoms with Gasteiger partial charge in [-0.15, -0.1) is 0 Å². The van der Waals surface area contributed by atoms with E-state index in [1.165, 1.54) is 0 Å². The molecular weight excluding hydrogens is 230 g/mol. The monoisotopic (exact) mass is 251 g/mol. The highest BCUT2D eigenvalue weighted by atomic mass is 16.5. The quantitative estimate of drug-likeness (QED) is 0.851. The second-order valence-electron chi connectivity index (χ2n) is 4.91. The van der Waals surface area contributed by atoms with E-state index in [0.29, 0.717) is 19.2 Å². The molecule has 1 aromatic rings. The summed E-state index contributed by atoms with van der Waals surface area (Å²) in [4.78, 5) is 2.23. The number of morpholine rings is 1. The van der Waals surface area contributed by atoms with Gasteiger partial charge in [0.2, 0.25) is 0 Å². The van der Waals surface area contributed by atoms with E-state index >= 15 is 0 Å². The first kappa shape index (κ1) is 13.3. The molecule has 3 unspecified atom stereocenters. The van der Waals surface area contributed by atoms with Crippen molar-refractivity contribution in [2.45, 2.75) is 32.1 Å². The Morgan fingerprint density at radius 2 is 2.06 bits per heavy atom. The van der Waals surface area contributed by atoms with Gasteiger partial charge >= 0.3 is 0 Å². The number of aliphatic hydroxyl groups excluding tert-OH is 2. The third-order valence-corrected chi connectivity index (χ3v) is 3.42. The summed E-state index contributed by atoms with van der Waals surface area (Å²) in [7, 11) is 0. The summed E-state index contributed by atoms with van der Waals surface area (Å²) in [6.07, 6.45) is -0.552. The van der Waals surface area contributed by atoms with Crippen molar-refractivity contribution in [2.75, 3.05) is 24.7 Å². The smallest absolute Gasteiger partial charge is 0.0981 e. The van der Waals surface area contributed by atoms with Crippen LogP contribution in [0.4, 0.5) is 5.69 Å². The second kappa shape index (κ2) is 5.69. The highest BCUT2D eigenvalue weighted by Crippen LogP contribution is 2.23. The minimum absolute atomic E-state index is 0.0506. The Morgan fingerprint density at radius 1 is 1.39 bits per heavy atom. The molecule has 2 rings (SSSR count). The topological polar surface area (TPSA) is 52.9 Å². The molecule has 2 N–H and O–H groups in total. The van der Waals surface area contributed by atoms with E-state index in [1.54, 1.807) is 6.92 Å². The van der Waals surface area contributed by atoms with Gasteiger partial charge in [-0.05, 0) is 31.5 Å². The van der Waals surface area contributed by atoms with Gasteiger partial charge in [-0.1, -0.05) is 12.1 Å². The molecule has 0 radical (unpaired) electrons. The van der Waals surface area contributed by atoms with E-state index < -0.39 is 6.10 Å². The molecule has 0 aliphatic carbocycles. The van der Waals surface area contributed by atoms with Crippen molar-refractivity contribution in [1.29, 1.82) is 0 Å². The summed E-state index contributed by atoms with van der Waals surface area (Å²) in [5.41, 5.74) is 2.02. The first-order valence-corrected chi connectivity index (χ1v) is 6.39. The molecule has 1 aliphatic heterocycles. The molecule has 1 fully saturated rings. The van der Waals surface area contributed by atoms with Gasteiger partial charge in [-0.2, -0.15) is 0 Å².